The van der Waals surface area contributed by atoms with E-state index < -0.39 is 12.7 Å². The predicted molar refractivity (Wildman–Crippen MR) is 95.5 cm³/mol. The van der Waals surface area contributed by atoms with Crippen LogP contribution in [0.5, 0.6) is 0 Å². The average Bonchev–Trinajstić information content (AvgIpc) is 3.12. The summed E-state index contributed by atoms with van der Waals surface area (Å²) in [6.07, 6.45) is 2.39. The number of carbonyl (C=O) groups is 1. The lowest BCUT2D eigenvalue weighted by atomic mass is 10.1. The molecule has 2 heterocycles. The molecule has 1 atom stereocenters. The molecule has 1 amide bonds. The summed E-state index contributed by atoms with van der Waals surface area (Å²) in [4.78, 5) is 20.6. The molecule has 1 unspecified atom stereocenters. The molecule has 3 rings (SSSR count). The second-order valence-corrected chi connectivity index (χ2v) is 7.02. The first-order valence-electron chi connectivity index (χ1n) is 7.82. The predicted octanol–water partition coefficient (Wildman–Crippen LogP) is 3.10. The largest absolute Gasteiger partial charge is 0.321 e. The maximum atomic E-state index is 13.1. The third-order valence-electron chi connectivity index (χ3n) is 3.63. The summed E-state index contributed by atoms with van der Waals surface area (Å²) in [6.45, 7) is 3.50. The molecule has 0 saturated carbocycles. The fraction of sp³-hybridized carbons (Fsp3) is 0.353. The third kappa shape index (κ3) is 3.79. The zero-order valence-electron chi connectivity index (χ0n) is 13.5. The van der Waals surface area contributed by atoms with Gasteiger partial charge in [-0.3, -0.25) is 10.1 Å². The molecular weight excluding hydrogens is 327 g/mol. The van der Waals surface area contributed by atoms with Crippen LogP contribution in [0.15, 0.2) is 34.4 Å². The van der Waals surface area contributed by atoms with E-state index in [0.29, 0.717) is 24.0 Å². The summed E-state index contributed by atoms with van der Waals surface area (Å²) in [7, 11) is 0. The standard InChI is InChI=1S/C17H19FN4OS/c1-10(2)5-12(8-18)20-17-21-14(16(23)22-17)6-11-3-4-13-15(7-11)24-9-19-13/h3-4,6-7,9-10,12H,5,8H2,1-2H3,(H2,20,21,22,23)/b14-6-. The highest BCUT2D eigenvalue weighted by Crippen LogP contribution is 2.20. The third-order valence-corrected chi connectivity index (χ3v) is 4.42. The Kier molecular flexibility index (Phi) is 4.89. The van der Waals surface area contributed by atoms with Crippen molar-refractivity contribution >= 4 is 39.5 Å². The number of thiazole rings is 1. The van der Waals surface area contributed by atoms with Gasteiger partial charge in [-0.25, -0.2) is 14.4 Å². The van der Waals surface area contributed by atoms with Crippen LogP contribution < -0.4 is 10.6 Å². The van der Waals surface area contributed by atoms with Gasteiger partial charge in [-0.05, 0) is 36.1 Å². The first-order valence-corrected chi connectivity index (χ1v) is 8.70. The number of alkyl halides is 1. The van der Waals surface area contributed by atoms with Crippen molar-refractivity contribution in [2.24, 2.45) is 10.9 Å². The lowest BCUT2D eigenvalue weighted by molar-refractivity contribution is -0.115. The van der Waals surface area contributed by atoms with E-state index >= 15 is 0 Å². The molecule has 2 N–H and O–H groups in total. The minimum atomic E-state index is -0.541. The van der Waals surface area contributed by atoms with Crippen molar-refractivity contribution in [2.75, 3.05) is 6.67 Å². The monoisotopic (exact) mass is 346 g/mol. The van der Waals surface area contributed by atoms with Gasteiger partial charge in [0.1, 0.15) is 12.4 Å². The Hall–Kier alpha value is -2.28. The van der Waals surface area contributed by atoms with E-state index in [2.05, 4.69) is 20.6 Å². The molecule has 1 saturated heterocycles. The van der Waals surface area contributed by atoms with Gasteiger partial charge >= 0.3 is 0 Å². The zero-order valence-corrected chi connectivity index (χ0v) is 14.4. The van der Waals surface area contributed by atoms with Gasteiger partial charge in [0.15, 0.2) is 0 Å². The number of amides is 1. The summed E-state index contributed by atoms with van der Waals surface area (Å²) in [5, 5.41) is 5.59. The normalized spacial score (nSPS) is 19.2. The number of nitrogens with zero attached hydrogens (tertiary/aromatic N) is 2. The summed E-state index contributed by atoms with van der Waals surface area (Å²) < 4.78 is 14.1. The molecule has 1 aliphatic heterocycles. The molecule has 2 aromatic rings. The van der Waals surface area contributed by atoms with Gasteiger partial charge in [0.05, 0.1) is 21.8 Å². The average molecular weight is 346 g/mol. The van der Waals surface area contributed by atoms with Crippen LogP contribution in [0.4, 0.5) is 4.39 Å². The van der Waals surface area contributed by atoms with Gasteiger partial charge in [-0.15, -0.1) is 11.3 Å². The SMILES string of the molecule is CC(C)CC(CF)N=C1NC(=O)/C(=C/c2ccc3ncsc3c2)N1. The number of hydrogen-bond acceptors (Lipinski definition) is 4. The molecule has 7 heteroatoms. The number of halogens is 1. The van der Waals surface area contributed by atoms with Crippen molar-refractivity contribution in [1.29, 1.82) is 0 Å². The number of carbonyl (C=O) groups excluding carboxylic acids is 1. The van der Waals surface area contributed by atoms with Crippen LogP contribution >= 0.6 is 11.3 Å². The smallest absolute Gasteiger partial charge is 0.274 e. The number of nitrogens with one attached hydrogen (secondary N) is 2. The summed E-state index contributed by atoms with van der Waals surface area (Å²) in [5.41, 5.74) is 4.03. The van der Waals surface area contributed by atoms with Gasteiger partial charge < -0.3 is 5.32 Å². The van der Waals surface area contributed by atoms with Gasteiger partial charge in [0, 0.05) is 0 Å². The van der Waals surface area contributed by atoms with Crippen LogP contribution in [0.1, 0.15) is 25.8 Å². The van der Waals surface area contributed by atoms with Gasteiger partial charge in [-0.2, -0.15) is 0 Å². The Morgan fingerprint density at radius 3 is 2.96 bits per heavy atom. The number of aromatic nitrogens is 1. The van der Waals surface area contributed by atoms with Crippen LogP contribution in [0, 0.1) is 5.92 Å². The highest BCUT2D eigenvalue weighted by atomic mass is 32.1. The van der Waals surface area contributed by atoms with Crippen LogP contribution in [0.2, 0.25) is 0 Å². The molecule has 24 heavy (non-hydrogen) atoms. The number of rotatable bonds is 5. The van der Waals surface area contributed by atoms with Crippen LogP contribution in [0.3, 0.4) is 0 Å². The van der Waals surface area contributed by atoms with Crippen LogP contribution in [-0.2, 0) is 4.79 Å². The van der Waals surface area contributed by atoms with Crippen molar-refractivity contribution in [3.05, 3.63) is 35.0 Å². The van der Waals surface area contributed by atoms with E-state index in [1.165, 1.54) is 0 Å². The first-order chi connectivity index (χ1) is 11.5. The van der Waals surface area contributed by atoms with Crippen LogP contribution in [0.25, 0.3) is 16.3 Å². The van der Waals surface area contributed by atoms with Crippen molar-refractivity contribution in [1.82, 2.24) is 15.6 Å². The molecule has 1 aromatic heterocycles. The molecule has 0 spiro atoms. The number of benzene rings is 1. The van der Waals surface area contributed by atoms with Crippen molar-refractivity contribution < 1.29 is 9.18 Å². The summed E-state index contributed by atoms with van der Waals surface area (Å²) in [5.74, 6) is 0.391. The molecule has 1 aliphatic rings. The molecule has 126 valence electrons. The Morgan fingerprint density at radius 1 is 1.38 bits per heavy atom. The Labute approximate surface area is 143 Å². The fourth-order valence-corrected chi connectivity index (χ4v) is 3.29. The van der Waals surface area contributed by atoms with E-state index in [1.54, 1.807) is 22.9 Å². The summed E-state index contributed by atoms with van der Waals surface area (Å²) >= 11 is 1.55. The minimum Gasteiger partial charge on any atom is -0.321 e. The quantitative estimate of drug-likeness (QED) is 0.818. The lowest BCUT2D eigenvalue weighted by Gasteiger charge is -2.11. The highest BCUT2D eigenvalue weighted by Gasteiger charge is 2.23. The first kappa shape index (κ1) is 16.6. The molecule has 1 aromatic carbocycles. The number of hydrogen-bond donors (Lipinski definition) is 2. The van der Waals surface area contributed by atoms with Crippen molar-refractivity contribution in [3.8, 4) is 0 Å². The Bertz CT molecular complexity index is 812. The topological polar surface area (TPSA) is 66.4 Å². The molecule has 0 aliphatic carbocycles. The second-order valence-electron chi connectivity index (χ2n) is 6.13. The Balaban J connectivity index is 1.78. The zero-order chi connectivity index (χ0) is 17.1. The second kappa shape index (κ2) is 7.09. The molecule has 0 bridgehead atoms. The van der Waals surface area contributed by atoms with E-state index in [9.17, 15) is 9.18 Å². The van der Waals surface area contributed by atoms with Gasteiger partial charge in [0.2, 0.25) is 5.96 Å². The van der Waals surface area contributed by atoms with E-state index in [0.717, 1.165) is 15.8 Å². The van der Waals surface area contributed by atoms with E-state index in [1.807, 2.05) is 32.0 Å². The molecular formula is C17H19FN4OS. The molecule has 0 radical (unpaired) electrons. The maximum absolute atomic E-state index is 13.1. The fourth-order valence-electron chi connectivity index (χ4n) is 2.56. The van der Waals surface area contributed by atoms with Gasteiger partial charge in [0.25, 0.3) is 5.91 Å². The van der Waals surface area contributed by atoms with Crippen LogP contribution in [-0.4, -0.2) is 29.6 Å². The summed E-state index contributed by atoms with van der Waals surface area (Å²) in [6, 6.07) is 5.36. The maximum Gasteiger partial charge on any atom is 0.274 e. The van der Waals surface area contributed by atoms with E-state index in [4.69, 9.17) is 0 Å². The molecule has 1 fully saturated rings. The number of guanidine groups is 1. The molecule has 5 nitrogen and oxygen atoms in total. The number of fused-ring (bicyclic) bond motifs is 1. The Morgan fingerprint density at radius 2 is 2.21 bits per heavy atom. The minimum absolute atomic E-state index is 0.264. The van der Waals surface area contributed by atoms with Gasteiger partial charge in [-0.1, -0.05) is 19.9 Å². The highest BCUT2D eigenvalue weighted by molar-refractivity contribution is 7.16. The lowest BCUT2D eigenvalue weighted by Crippen LogP contribution is -2.28. The number of aliphatic imine (C=N–C) groups is 1. The van der Waals surface area contributed by atoms with Crippen molar-refractivity contribution in [3.63, 3.8) is 0 Å². The van der Waals surface area contributed by atoms with E-state index in [-0.39, 0.29) is 5.91 Å². The van der Waals surface area contributed by atoms with Crippen molar-refractivity contribution in [2.45, 2.75) is 26.3 Å².